The molecule has 1 aliphatic rings. The molecule has 0 bridgehead atoms. The molecular formula is C23H29N3O2. The second kappa shape index (κ2) is 7.84. The number of ketones is 1. The molecule has 0 fully saturated rings. The number of nitrogens with zero attached hydrogens (tertiary/aromatic N) is 3. The molecule has 28 heavy (non-hydrogen) atoms. The lowest BCUT2D eigenvalue weighted by atomic mass is 9.79. The van der Waals surface area contributed by atoms with E-state index in [1.54, 1.807) is 19.1 Å². The number of aliphatic hydroxyl groups is 1. The summed E-state index contributed by atoms with van der Waals surface area (Å²) < 4.78 is 0. The largest absolute Gasteiger partial charge is 0.395 e. The molecule has 1 N–H and O–H groups in total. The zero-order chi connectivity index (χ0) is 20.5. The van der Waals surface area contributed by atoms with Crippen molar-refractivity contribution in [3.8, 4) is 0 Å². The first-order chi connectivity index (χ1) is 13.2. The number of carbonyl (C=O) groups excluding carboxylic acids is 1. The number of benzene rings is 2. The van der Waals surface area contributed by atoms with Gasteiger partial charge < -0.3 is 10.0 Å². The third-order valence-electron chi connectivity index (χ3n) is 5.57. The smallest absolute Gasteiger partial charge is 0.159 e. The van der Waals surface area contributed by atoms with Crippen molar-refractivity contribution in [1.29, 1.82) is 0 Å². The van der Waals surface area contributed by atoms with Crippen LogP contribution in [0.5, 0.6) is 0 Å². The average molecular weight is 380 g/mol. The van der Waals surface area contributed by atoms with Crippen LogP contribution in [0.1, 0.15) is 61.5 Å². The molecule has 5 heteroatoms. The number of hydrogen-bond donors (Lipinski definition) is 1. The van der Waals surface area contributed by atoms with Gasteiger partial charge in [0, 0.05) is 23.3 Å². The van der Waals surface area contributed by atoms with Crippen molar-refractivity contribution in [2.45, 2.75) is 52.5 Å². The molecule has 2 aromatic carbocycles. The second-order valence-electron chi connectivity index (χ2n) is 8.29. The molecule has 5 nitrogen and oxygen atoms in total. The SMILES string of the molecule is CC(=O)c1ccc(N=Nc2cc3c(cc2C)N(CCO)C(C)(C)CC3C)cc1. The maximum Gasteiger partial charge on any atom is 0.159 e. The summed E-state index contributed by atoms with van der Waals surface area (Å²) in [6.45, 7) is 11.1. The molecule has 3 rings (SSSR count). The fraction of sp³-hybridized carbons (Fsp3) is 0.435. The lowest BCUT2D eigenvalue weighted by molar-refractivity contribution is 0.101. The lowest BCUT2D eigenvalue weighted by Gasteiger charge is -2.47. The first kappa shape index (κ1) is 20.2. The van der Waals surface area contributed by atoms with E-state index in [1.807, 2.05) is 19.1 Å². The summed E-state index contributed by atoms with van der Waals surface area (Å²) in [7, 11) is 0. The van der Waals surface area contributed by atoms with Crippen molar-refractivity contribution >= 4 is 22.8 Å². The number of Topliss-reactive ketones (excluding diaryl/α,β-unsaturated/α-hetero) is 1. The van der Waals surface area contributed by atoms with Crippen LogP contribution in [0.3, 0.4) is 0 Å². The molecular weight excluding hydrogens is 350 g/mol. The predicted octanol–water partition coefficient (Wildman–Crippen LogP) is 5.70. The Balaban J connectivity index is 1.94. The van der Waals surface area contributed by atoms with E-state index in [4.69, 9.17) is 0 Å². The minimum absolute atomic E-state index is 0.00305. The number of aliphatic hydroxyl groups excluding tert-OH is 1. The molecule has 0 radical (unpaired) electrons. The Morgan fingerprint density at radius 3 is 2.50 bits per heavy atom. The van der Waals surface area contributed by atoms with E-state index >= 15 is 0 Å². The Morgan fingerprint density at radius 1 is 1.21 bits per heavy atom. The summed E-state index contributed by atoms with van der Waals surface area (Å²) in [6, 6.07) is 11.4. The molecule has 0 amide bonds. The molecule has 148 valence electrons. The topological polar surface area (TPSA) is 65.3 Å². The Bertz CT molecular complexity index is 901. The number of azo groups is 1. The Kier molecular flexibility index (Phi) is 5.66. The van der Waals surface area contributed by atoms with Crippen LogP contribution < -0.4 is 4.90 Å². The van der Waals surface area contributed by atoms with E-state index in [9.17, 15) is 9.90 Å². The number of anilines is 1. The van der Waals surface area contributed by atoms with Gasteiger partial charge in [-0.15, -0.1) is 0 Å². The van der Waals surface area contributed by atoms with Crippen molar-refractivity contribution in [2.24, 2.45) is 10.2 Å². The summed E-state index contributed by atoms with van der Waals surface area (Å²) in [4.78, 5) is 13.7. The van der Waals surface area contributed by atoms with Gasteiger partial charge in [0.05, 0.1) is 18.0 Å². The zero-order valence-electron chi connectivity index (χ0n) is 17.4. The van der Waals surface area contributed by atoms with E-state index in [-0.39, 0.29) is 17.9 Å². The highest BCUT2D eigenvalue weighted by molar-refractivity contribution is 5.94. The van der Waals surface area contributed by atoms with E-state index < -0.39 is 0 Å². The van der Waals surface area contributed by atoms with Crippen LogP contribution in [0.25, 0.3) is 0 Å². The van der Waals surface area contributed by atoms with Gasteiger partial charge in [-0.25, -0.2) is 0 Å². The minimum atomic E-state index is 0.00305. The lowest BCUT2D eigenvalue weighted by Crippen LogP contribution is -2.49. The first-order valence-corrected chi connectivity index (χ1v) is 9.78. The van der Waals surface area contributed by atoms with Gasteiger partial charge in [-0.1, -0.05) is 6.92 Å². The molecule has 0 saturated heterocycles. The van der Waals surface area contributed by atoms with E-state index in [0.29, 0.717) is 18.0 Å². The van der Waals surface area contributed by atoms with Crippen LogP contribution >= 0.6 is 0 Å². The van der Waals surface area contributed by atoms with Crippen LogP contribution in [0.4, 0.5) is 17.1 Å². The summed E-state index contributed by atoms with van der Waals surface area (Å²) in [5.74, 6) is 0.447. The summed E-state index contributed by atoms with van der Waals surface area (Å²) in [6.07, 6.45) is 1.02. The van der Waals surface area contributed by atoms with Gasteiger partial charge in [0.2, 0.25) is 0 Å². The monoisotopic (exact) mass is 379 g/mol. The van der Waals surface area contributed by atoms with Crippen LogP contribution in [0, 0.1) is 6.92 Å². The van der Waals surface area contributed by atoms with E-state index in [2.05, 4.69) is 48.0 Å². The van der Waals surface area contributed by atoms with Gasteiger partial charge in [-0.3, -0.25) is 4.79 Å². The molecule has 0 aliphatic carbocycles. The maximum atomic E-state index is 11.4. The molecule has 0 spiro atoms. The van der Waals surface area contributed by atoms with Gasteiger partial charge in [0.15, 0.2) is 5.78 Å². The summed E-state index contributed by atoms with van der Waals surface area (Å²) >= 11 is 0. The van der Waals surface area contributed by atoms with Crippen molar-refractivity contribution in [2.75, 3.05) is 18.1 Å². The van der Waals surface area contributed by atoms with Gasteiger partial charge >= 0.3 is 0 Å². The van der Waals surface area contributed by atoms with Gasteiger partial charge in [-0.2, -0.15) is 10.2 Å². The summed E-state index contributed by atoms with van der Waals surface area (Å²) in [5, 5.41) is 18.4. The fourth-order valence-electron chi connectivity index (χ4n) is 4.13. The zero-order valence-corrected chi connectivity index (χ0v) is 17.4. The molecule has 1 aliphatic heterocycles. The number of rotatable bonds is 5. The average Bonchev–Trinajstić information content (AvgIpc) is 2.63. The number of hydrogen-bond acceptors (Lipinski definition) is 5. The third-order valence-corrected chi connectivity index (χ3v) is 5.57. The Hall–Kier alpha value is -2.53. The van der Waals surface area contributed by atoms with Crippen molar-refractivity contribution in [3.63, 3.8) is 0 Å². The maximum absolute atomic E-state index is 11.4. The number of fused-ring (bicyclic) bond motifs is 1. The van der Waals surface area contributed by atoms with Crippen LogP contribution in [0.15, 0.2) is 46.6 Å². The number of aryl methyl sites for hydroxylation is 1. The minimum Gasteiger partial charge on any atom is -0.395 e. The van der Waals surface area contributed by atoms with Gasteiger partial charge in [0.25, 0.3) is 0 Å². The molecule has 1 unspecified atom stereocenters. The molecule has 0 aromatic heterocycles. The summed E-state index contributed by atoms with van der Waals surface area (Å²) in [5.41, 5.74) is 5.73. The molecule has 0 saturated carbocycles. The van der Waals surface area contributed by atoms with Crippen molar-refractivity contribution in [1.82, 2.24) is 0 Å². The molecule has 1 atom stereocenters. The van der Waals surface area contributed by atoms with E-state index in [0.717, 1.165) is 23.4 Å². The fourth-order valence-corrected chi connectivity index (χ4v) is 4.13. The van der Waals surface area contributed by atoms with Crippen molar-refractivity contribution in [3.05, 3.63) is 53.1 Å². The van der Waals surface area contributed by atoms with Gasteiger partial charge in [-0.05, 0) is 87.6 Å². The molecule has 1 heterocycles. The van der Waals surface area contributed by atoms with Crippen LogP contribution in [-0.2, 0) is 0 Å². The van der Waals surface area contributed by atoms with Crippen LogP contribution in [-0.4, -0.2) is 29.6 Å². The number of carbonyl (C=O) groups is 1. The highest BCUT2D eigenvalue weighted by Crippen LogP contribution is 2.45. The standard InChI is InChI=1S/C23H29N3O2/c1-15-12-22-20(16(2)14-23(4,5)26(22)10-11-27)13-21(15)25-24-19-8-6-18(7-9-19)17(3)28/h6-9,12-13,16,27H,10-11,14H2,1-5H3. The quantitative estimate of drug-likeness (QED) is 0.535. The Morgan fingerprint density at radius 2 is 1.89 bits per heavy atom. The third kappa shape index (κ3) is 3.99. The predicted molar refractivity (Wildman–Crippen MR) is 113 cm³/mol. The van der Waals surface area contributed by atoms with Crippen molar-refractivity contribution < 1.29 is 9.90 Å². The highest BCUT2D eigenvalue weighted by atomic mass is 16.3. The second-order valence-corrected chi connectivity index (χ2v) is 8.29. The highest BCUT2D eigenvalue weighted by Gasteiger charge is 2.36. The van der Waals surface area contributed by atoms with Crippen LogP contribution in [0.2, 0.25) is 0 Å². The Labute approximate surface area is 167 Å². The normalized spacial score (nSPS) is 18.4. The van der Waals surface area contributed by atoms with Gasteiger partial charge in [0.1, 0.15) is 0 Å². The first-order valence-electron chi connectivity index (χ1n) is 9.78. The van der Waals surface area contributed by atoms with E-state index in [1.165, 1.54) is 11.3 Å². The number of β-amino-alcohol motifs (C(OH)–C–C–N with tert-alkyl or cyclic N) is 1. The molecule has 2 aromatic rings.